The highest BCUT2D eigenvalue weighted by molar-refractivity contribution is 7.98. The van der Waals surface area contributed by atoms with Crippen LogP contribution < -0.4 is 9.64 Å². The number of carbonyl (C=O) groups excluding carboxylic acids is 3. The number of likely N-dealkylation sites (N-methyl/N-ethyl adjacent to an activating group) is 1. The minimum Gasteiger partial charge on any atom is -0.496 e. The van der Waals surface area contributed by atoms with Gasteiger partial charge in [-0.1, -0.05) is 31.6 Å². The minimum absolute atomic E-state index is 0.0208. The topological polar surface area (TPSA) is 134 Å². The number of fused-ring (bicyclic) bond motifs is 6. The number of allylic oxidation sites excluding steroid dienone is 1. The summed E-state index contributed by atoms with van der Waals surface area (Å²) in [4.78, 5) is 54.4. The van der Waals surface area contributed by atoms with Gasteiger partial charge in [-0.25, -0.2) is 4.79 Å². The van der Waals surface area contributed by atoms with Crippen LogP contribution in [0, 0.1) is 11.3 Å². The SMILES string of the molecule is CCC1=C[C@H]2CN(C1)Cc1c([nH]c3ccc(SC)cc13)[C@@](C(=O)OC)(c1cc3c(cc1OC)N(C)[C@H]1[C@@](O)(C(=O)OC)[C@H](OC(C)=O)[C@]4(CC)CC=CN5CC[C@]31[C@@H]54)C2. The van der Waals surface area contributed by atoms with Crippen molar-refractivity contribution in [3.05, 3.63) is 76.6 Å². The number of H-pyrrole nitrogens is 1. The fraction of sp³-hybridized carbons (Fsp3) is 0.543. The highest BCUT2D eigenvalue weighted by Gasteiger charge is 2.80. The average molecular weight is 825 g/mol. The average Bonchev–Trinajstić information content (AvgIpc) is 3.89. The molecule has 314 valence electrons. The van der Waals surface area contributed by atoms with E-state index in [1.165, 1.54) is 26.7 Å². The Labute approximate surface area is 350 Å². The van der Waals surface area contributed by atoms with E-state index in [0.29, 0.717) is 50.1 Å². The lowest BCUT2D eigenvalue weighted by molar-refractivity contribution is -0.235. The zero-order valence-electron chi connectivity index (χ0n) is 35.3. The number of methoxy groups -OCH3 is 3. The second-order valence-electron chi connectivity index (χ2n) is 17.6. The van der Waals surface area contributed by atoms with E-state index < -0.39 is 45.9 Å². The molecule has 3 aromatic rings. The molecule has 59 heavy (non-hydrogen) atoms. The summed E-state index contributed by atoms with van der Waals surface area (Å²) in [6.45, 7) is 8.50. The van der Waals surface area contributed by atoms with E-state index in [1.807, 2.05) is 24.9 Å². The van der Waals surface area contributed by atoms with Crippen LogP contribution in [-0.2, 0) is 46.0 Å². The number of hydrogen-bond acceptors (Lipinski definition) is 12. The monoisotopic (exact) mass is 824 g/mol. The Morgan fingerprint density at radius 2 is 1.80 bits per heavy atom. The molecule has 2 N–H and O–H groups in total. The fourth-order valence-electron chi connectivity index (χ4n) is 13.0. The normalized spacial score (nSPS) is 33.8. The predicted molar refractivity (Wildman–Crippen MR) is 226 cm³/mol. The number of aliphatic hydroxyl groups is 1. The Hall–Kier alpha value is -4.46. The molecule has 5 aliphatic heterocycles. The van der Waals surface area contributed by atoms with Gasteiger partial charge in [-0.3, -0.25) is 14.5 Å². The molecule has 1 saturated heterocycles. The van der Waals surface area contributed by atoms with Crippen molar-refractivity contribution in [2.45, 2.75) is 98.9 Å². The fourth-order valence-corrected chi connectivity index (χ4v) is 13.5. The van der Waals surface area contributed by atoms with Gasteiger partial charge < -0.3 is 38.8 Å². The maximum absolute atomic E-state index is 15.3. The molecule has 6 aliphatic rings. The molecule has 1 saturated carbocycles. The Kier molecular flexibility index (Phi) is 9.52. The number of aromatic amines is 1. The molecule has 1 aliphatic carbocycles. The molecule has 9 atom stereocenters. The number of thioether (sulfide) groups is 1. The summed E-state index contributed by atoms with van der Waals surface area (Å²) in [5, 5.41) is 14.4. The summed E-state index contributed by atoms with van der Waals surface area (Å²) in [7, 11) is 6.24. The molecule has 0 amide bonds. The summed E-state index contributed by atoms with van der Waals surface area (Å²) < 4.78 is 24.0. The number of rotatable bonds is 8. The van der Waals surface area contributed by atoms with Crippen molar-refractivity contribution in [1.29, 1.82) is 0 Å². The zero-order chi connectivity index (χ0) is 41.8. The molecule has 1 unspecified atom stereocenters. The largest absolute Gasteiger partial charge is 0.496 e. The first-order valence-electron chi connectivity index (χ1n) is 20.9. The molecule has 6 heterocycles. The molecule has 0 radical (unpaired) electrons. The van der Waals surface area contributed by atoms with E-state index in [2.05, 4.69) is 70.6 Å². The molecule has 13 heteroatoms. The molecule has 2 fully saturated rings. The van der Waals surface area contributed by atoms with Gasteiger partial charge in [0.15, 0.2) is 6.10 Å². The number of nitrogens with zero attached hydrogens (tertiary/aromatic N) is 3. The highest BCUT2D eigenvalue weighted by Crippen LogP contribution is 2.69. The van der Waals surface area contributed by atoms with E-state index in [4.69, 9.17) is 18.9 Å². The Morgan fingerprint density at radius 1 is 1.02 bits per heavy atom. The van der Waals surface area contributed by atoms with E-state index >= 15 is 4.79 Å². The van der Waals surface area contributed by atoms with Crippen molar-refractivity contribution in [2.24, 2.45) is 11.3 Å². The van der Waals surface area contributed by atoms with Gasteiger partial charge in [0.2, 0.25) is 5.60 Å². The third-order valence-corrected chi connectivity index (χ3v) is 15.9. The van der Waals surface area contributed by atoms with Gasteiger partial charge in [-0.2, -0.15) is 0 Å². The first-order valence-corrected chi connectivity index (χ1v) is 22.1. The van der Waals surface area contributed by atoms with Crippen LogP contribution in [0.5, 0.6) is 5.75 Å². The molecule has 2 aromatic carbocycles. The van der Waals surface area contributed by atoms with Gasteiger partial charge in [-0.15, -0.1) is 11.8 Å². The van der Waals surface area contributed by atoms with Crippen LogP contribution in [0.2, 0.25) is 0 Å². The van der Waals surface area contributed by atoms with Gasteiger partial charge in [0, 0.05) is 95.8 Å². The van der Waals surface area contributed by atoms with Crippen LogP contribution in [0.15, 0.2) is 59.2 Å². The predicted octanol–water partition coefficient (Wildman–Crippen LogP) is 5.82. The van der Waals surface area contributed by atoms with Crippen molar-refractivity contribution < 1.29 is 38.4 Å². The van der Waals surface area contributed by atoms with Gasteiger partial charge in [0.05, 0.1) is 27.4 Å². The summed E-state index contributed by atoms with van der Waals surface area (Å²) in [5.74, 6) is -1.30. The standard InChI is InChI=1S/C46H56N4O8S/c1-9-27-18-28-22-45(41(52)56-6,37-31(25-49(23-27)24-28)30-19-29(59-8)12-13-34(30)47-37)33-20-32-35(21-36(33)55-5)48(4)39-44(32)15-17-50-16-11-14-43(10-2,38(44)50)40(58-26(3)51)46(39,54)42(53)57-7/h11-13,16,18-21,28,38-40,47,54H,9-10,14-15,17,22-25H2,1-8H3/t28-,38+,39-,40-,43-,44-,45+,46+/m1/s1. The van der Waals surface area contributed by atoms with Crippen molar-refractivity contribution >= 4 is 46.3 Å². The maximum atomic E-state index is 15.3. The van der Waals surface area contributed by atoms with Crippen LogP contribution >= 0.6 is 11.8 Å². The lowest BCUT2D eigenvalue weighted by Gasteiger charge is -2.64. The lowest BCUT2D eigenvalue weighted by Crippen LogP contribution is -2.81. The number of nitrogens with one attached hydrogen (secondary N) is 1. The molecular formula is C46H56N4O8S. The van der Waals surface area contributed by atoms with Gasteiger partial charge >= 0.3 is 17.9 Å². The number of hydrogen-bond donors (Lipinski definition) is 2. The summed E-state index contributed by atoms with van der Waals surface area (Å²) >= 11 is 1.69. The Morgan fingerprint density at radius 3 is 2.47 bits per heavy atom. The van der Waals surface area contributed by atoms with Crippen LogP contribution in [0.25, 0.3) is 10.9 Å². The van der Waals surface area contributed by atoms with Gasteiger partial charge in [0.1, 0.15) is 11.2 Å². The van der Waals surface area contributed by atoms with E-state index in [0.717, 1.165) is 57.8 Å². The number of esters is 3. The van der Waals surface area contributed by atoms with Crippen LogP contribution in [0.3, 0.4) is 0 Å². The quantitative estimate of drug-likeness (QED) is 0.123. The highest BCUT2D eigenvalue weighted by atomic mass is 32.2. The first kappa shape index (κ1) is 40.0. The van der Waals surface area contributed by atoms with E-state index in [9.17, 15) is 14.7 Å². The Balaban J connectivity index is 1.37. The maximum Gasteiger partial charge on any atom is 0.344 e. The third-order valence-electron chi connectivity index (χ3n) is 15.1. The van der Waals surface area contributed by atoms with Crippen LogP contribution in [0.4, 0.5) is 5.69 Å². The molecule has 9 rings (SSSR count). The number of aromatic nitrogens is 1. The van der Waals surface area contributed by atoms with Crippen molar-refractivity contribution in [2.75, 3.05) is 59.2 Å². The second-order valence-corrected chi connectivity index (χ2v) is 18.5. The summed E-state index contributed by atoms with van der Waals surface area (Å²) in [6, 6.07) is 9.37. The molecular weight excluding hydrogens is 769 g/mol. The molecule has 12 nitrogen and oxygen atoms in total. The van der Waals surface area contributed by atoms with E-state index in [1.54, 1.807) is 18.9 Å². The van der Waals surface area contributed by atoms with Crippen molar-refractivity contribution in [3.63, 3.8) is 0 Å². The first-order chi connectivity index (χ1) is 28.3. The lowest BCUT2D eigenvalue weighted by atomic mass is 9.47. The van der Waals surface area contributed by atoms with Crippen LogP contribution in [0.1, 0.15) is 75.3 Å². The Bertz CT molecular complexity index is 2320. The van der Waals surface area contributed by atoms with Crippen molar-refractivity contribution in [1.82, 2.24) is 14.8 Å². The van der Waals surface area contributed by atoms with Gasteiger partial charge in [0.25, 0.3) is 0 Å². The number of carbonyl (C=O) groups is 3. The number of benzene rings is 2. The molecule has 2 bridgehead atoms. The molecule has 1 spiro atoms. The van der Waals surface area contributed by atoms with Crippen molar-refractivity contribution in [3.8, 4) is 5.75 Å². The summed E-state index contributed by atoms with van der Waals surface area (Å²) in [5.41, 5.74) is 1.14. The number of anilines is 1. The van der Waals surface area contributed by atoms with E-state index in [-0.39, 0.29) is 17.9 Å². The zero-order valence-corrected chi connectivity index (χ0v) is 36.2. The number of ether oxygens (including phenoxy) is 4. The minimum atomic E-state index is -2.26. The molecule has 1 aromatic heterocycles. The second kappa shape index (κ2) is 14.1. The smallest absolute Gasteiger partial charge is 0.344 e. The summed E-state index contributed by atoms with van der Waals surface area (Å²) in [6.07, 6.45) is 10.3. The van der Waals surface area contributed by atoms with Gasteiger partial charge in [-0.05, 0) is 85.9 Å². The van der Waals surface area contributed by atoms with Crippen LogP contribution in [-0.4, -0.2) is 116 Å². The third kappa shape index (κ3) is 5.19.